The predicted octanol–water partition coefficient (Wildman–Crippen LogP) is 1.43. The van der Waals surface area contributed by atoms with Crippen molar-refractivity contribution in [3.8, 4) is 0 Å². The number of hydrogen-bond acceptors (Lipinski definition) is 4. The Morgan fingerprint density at radius 1 is 1.50 bits per heavy atom. The number of nitrogens with zero attached hydrogens (tertiary/aromatic N) is 3. The third kappa shape index (κ3) is 2.48. The number of rotatable bonds is 4. The van der Waals surface area contributed by atoms with Gasteiger partial charge in [0.15, 0.2) is 0 Å². The van der Waals surface area contributed by atoms with E-state index in [0.717, 1.165) is 11.4 Å². The Labute approximate surface area is 104 Å². The topological polar surface area (TPSA) is 80.0 Å². The van der Waals surface area contributed by atoms with Gasteiger partial charge in [0, 0.05) is 18.9 Å². The fourth-order valence-corrected chi connectivity index (χ4v) is 1.72. The van der Waals surface area contributed by atoms with Crippen molar-refractivity contribution in [3.63, 3.8) is 0 Å². The van der Waals surface area contributed by atoms with Crippen LogP contribution in [0, 0.1) is 6.92 Å². The third-order valence-corrected chi connectivity index (χ3v) is 2.67. The van der Waals surface area contributed by atoms with Gasteiger partial charge >= 0.3 is 5.97 Å². The lowest BCUT2D eigenvalue weighted by Gasteiger charge is -2.09. The van der Waals surface area contributed by atoms with Gasteiger partial charge in [-0.2, -0.15) is 0 Å². The maximum atomic E-state index is 11.0. The Kier molecular flexibility index (Phi) is 3.27. The summed E-state index contributed by atoms with van der Waals surface area (Å²) in [6.07, 6.45) is 1.81. The largest absolute Gasteiger partial charge is 0.478 e. The van der Waals surface area contributed by atoms with E-state index in [4.69, 9.17) is 5.11 Å². The lowest BCUT2D eigenvalue weighted by molar-refractivity contribution is 0.0696. The molecule has 0 amide bonds. The first-order chi connectivity index (χ1) is 8.58. The molecule has 2 aromatic rings. The summed E-state index contributed by atoms with van der Waals surface area (Å²) in [5.41, 5.74) is 2.62. The molecule has 2 N–H and O–H groups in total. The molecule has 2 rings (SSSR count). The second kappa shape index (κ2) is 4.87. The van der Waals surface area contributed by atoms with E-state index in [-0.39, 0.29) is 0 Å². The lowest BCUT2D eigenvalue weighted by Crippen LogP contribution is -2.06. The van der Waals surface area contributed by atoms with E-state index in [1.165, 1.54) is 0 Å². The fourth-order valence-electron chi connectivity index (χ4n) is 1.72. The van der Waals surface area contributed by atoms with Crippen molar-refractivity contribution in [2.24, 2.45) is 7.05 Å². The van der Waals surface area contributed by atoms with Crippen LogP contribution in [0.5, 0.6) is 0 Å². The molecule has 0 fully saturated rings. The number of aromatic nitrogens is 3. The van der Waals surface area contributed by atoms with Gasteiger partial charge in [-0.3, -0.25) is 4.68 Å². The molecule has 6 nitrogen and oxygen atoms in total. The molecule has 6 heteroatoms. The van der Waals surface area contributed by atoms with E-state index in [0.29, 0.717) is 17.7 Å². The molecule has 0 aliphatic heterocycles. The molecule has 0 saturated heterocycles. The first kappa shape index (κ1) is 12.1. The van der Waals surface area contributed by atoms with Gasteiger partial charge < -0.3 is 10.4 Å². The standard InChI is InChI=1S/C12H14N4O2/c1-8-10(12(17)18)4-3-5-11(8)13-6-9-7-16(2)15-14-9/h3-5,7,13H,6H2,1-2H3,(H,17,18). The van der Waals surface area contributed by atoms with Gasteiger partial charge in [0.25, 0.3) is 0 Å². The van der Waals surface area contributed by atoms with Gasteiger partial charge in [-0.1, -0.05) is 11.3 Å². The summed E-state index contributed by atoms with van der Waals surface area (Å²) < 4.78 is 1.62. The maximum absolute atomic E-state index is 11.0. The van der Waals surface area contributed by atoms with Crippen LogP contribution in [0.2, 0.25) is 0 Å². The number of anilines is 1. The minimum absolute atomic E-state index is 0.305. The maximum Gasteiger partial charge on any atom is 0.336 e. The van der Waals surface area contributed by atoms with Gasteiger partial charge in [0.05, 0.1) is 12.1 Å². The van der Waals surface area contributed by atoms with Crippen molar-refractivity contribution in [3.05, 3.63) is 41.2 Å². The van der Waals surface area contributed by atoms with Crippen LogP contribution >= 0.6 is 0 Å². The van der Waals surface area contributed by atoms with Gasteiger partial charge in [0.2, 0.25) is 0 Å². The summed E-state index contributed by atoms with van der Waals surface area (Å²) >= 11 is 0. The molecule has 1 aromatic heterocycles. The van der Waals surface area contributed by atoms with E-state index in [1.54, 1.807) is 30.8 Å². The molecular weight excluding hydrogens is 232 g/mol. The number of carbonyl (C=O) groups is 1. The lowest BCUT2D eigenvalue weighted by atomic mass is 10.1. The monoisotopic (exact) mass is 246 g/mol. The normalized spacial score (nSPS) is 10.3. The average molecular weight is 246 g/mol. The molecule has 0 bridgehead atoms. The van der Waals surface area contributed by atoms with E-state index in [9.17, 15) is 4.79 Å². The number of aryl methyl sites for hydroxylation is 1. The molecule has 0 aliphatic rings. The SMILES string of the molecule is Cc1c(NCc2cn(C)nn2)cccc1C(=O)O. The molecule has 0 atom stereocenters. The number of hydrogen-bond donors (Lipinski definition) is 2. The molecule has 0 aliphatic carbocycles. The molecule has 0 radical (unpaired) electrons. The summed E-state index contributed by atoms with van der Waals surface area (Å²) in [4.78, 5) is 11.0. The van der Waals surface area contributed by atoms with Gasteiger partial charge in [0.1, 0.15) is 5.69 Å². The van der Waals surface area contributed by atoms with Crippen molar-refractivity contribution in [2.45, 2.75) is 13.5 Å². The van der Waals surface area contributed by atoms with Crippen molar-refractivity contribution in [2.75, 3.05) is 5.32 Å². The second-order valence-electron chi connectivity index (χ2n) is 4.02. The molecule has 0 saturated carbocycles. The Hall–Kier alpha value is -2.37. The first-order valence-electron chi connectivity index (χ1n) is 5.50. The minimum Gasteiger partial charge on any atom is -0.478 e. The van der Waals surface area contributed by atoms with Gasteiger partial charge in [-0.15, -0.1) is 5.10 Å². The second-order valence-corrected chi connectivity index (χ2v) is 4.02. The van der Waals surface area contributed by atoms with Crippen LogP contribution in [-0.4, -0.2) is 26.1 Å². The van der Waals surface area contributed by atoms with Crippen LogP contribution in [-0.2, 0) is 13.6 Å². The molecule has 94 valence electrons. The smallest absolute Gasteiger partial charge is 0.336 e. The Balaban J connectivity index is 2.14. The summed E-state index contributed by atoms with van der Waals surface area (Å²) in [6, 6.07) is 5.15. The Morgan fingerprint density at radius 2 is 2.28 bits per heavy atom. The van der Waals surface area contributed by atoms with Crippen LogP contribution in [0.1, 0.15) is 21.6 Å². The highest BCUT2D eigenvalue weighted by Crippen LogP contribution is 2.19. The molecule has 0 unspecified atom stereocenters. The number of aromatic carboxylic acids is 1. The fraction of sp³-hybridized carbons (Fsp3) is 0.250. The highest BCUT2D eigenvalue weighted by molar-refractivity contribution is 5.91. The number of nitrogens with one attached hydrogen (secondary N) is 1. The summed E-state index contributed by atoms with van der Waals surface area (Å²) in [5, 5.41) is 20.0. The van der Waals surface area contributed by atoms with E-state index < -0.39 is 5.97 Å². The van der Waals surface area contributed by atoms with E-state index >= 15 is 0 Å². The molecule has 18 heavy (non-hydrogen) atoms. The zero-order valence-electron chi connectivity index (χ0n) is 10.2. The first-order valence-corrected chi connectivity index (χ1v) is 5.50. The third-order valence-electron chi connectivity index (χ3n) is 2.67. The summed E-state index contributed by atoms with van der Waals surface area (Å²) in [5.74, 6) is -0.921. The molecular formula is C12H14N4O2. The van der Waals surface area contributed by atoms with Crippen LogP contribution in [0.25, 0.3) is 0 Å². The Morgan fingerprint density at radius 3 is 2.89 bits per heavy atom. The zero-order chi connectivity index (χ0) is 13.1. The van der Waals surface area contributed by atoms with Crippen molar-refractivity contribution < 1.29 is 9.90 Å². The van der Waals surface area contributed by atoms with Crippen LogP contribution < -0.4 is 5.32 Å². The highest BCUT2D eigenvalue weighted by atomic mass is 16.4. The minimum atomic E-state index is -0.921. The number of carboxylic acids is 1. The van der Waals surface area contributed by atoms with Crippen LogP contribution in [0.15, 0.2) is 24.4 Å². The predicted molar refractivity (Wildman–Crippen MR) is 66.5 cm³/mol. The van der Waals surface area contributed by atoms with E-state index in [2.05, 4.69) is 15.6 Å². The van der Waals surface area contributed by atoms with Crippen molar-refractivity contribution >= 4 is 11.7 Å². The summed E-state index contributed by atoms with van der Waals surface area (Å²) in [6.45, 7) is 2.29. The quantitative estimate of drug-likeness (QED) is 0.853. The van der Waals surface area contributed by atoms with Crippen LogP contribution in [0.4, 0.5) is 5.69 Å². The summed E-state index contributed by atoms with van der Waals surface area (Å²) in [7, 11) is 1.80. The van der Waals surface area contributed by atoms with E-state index in [1.807, 2.05) is 12.3 Å². The van der Waals surface area contributed by atoms with Crippen molar-refractivity contribution in [1.82, 2.24) is 15.0 Å². The molecule has 1 heterocycles. The molecule has 1 aromatic carbocycles. The average Bonchev–Trinajstić information content (AvgIpc) is 2.73. The molecule has 0 spiro atoms. The highest BCUT2D eigenvalue weighted by Gasteiger charge is 2.09. The zero-order valence-corrected chi connectivity index (χ0v) is 10.2. The van der Waals surface area contributed by atoms with Crippen molar-refractivity contribution in [1.29, 1.82) is 0 Å². The Bertz CT molecular complexity index is 577. The number of benzene rings is 1. The van der Waals surface area contributed by atoms with Gasteiger partial charge in [-0.05, 0) is 24.6 Å². The van der Waals surface area contributed by atoms with Crippen LogP contribution in [0.3, 0.4) is 0 Å². The van der Waals surface area contributed by atoms with Gasteiger partial charge in [-0.25, -0.2) is 4.79 Å². The number of carboxylic acid groups (broad SMARTS) is 1.